The van der Waals surface area contributed by atoms with E-state index < -0.39 is 0 Å². The van der Waals surface area contributed by atoms with Crippen LogP contribution >= 0.6 is 0 Å². The molecule has 1 aromatic heterocycles. The molecule has 0 radical (unpaired) electrons. The molecule has 1 N–H and O–H groups in total. The summed E-state index contributed by atoms with van der Waals surface area (Å²) < 4.78 is 5.83. The van der Waals surface area contributed by atoms with Gasteiger partial charge in [0.15, 0.2) is 0 Å². The fourth-order valence-electron chi connectivity index (χ4n) is 3.10. The Hall–Kier alpha value is -2.50. The zero-order valence-corrected chi connectivity index (χ0v) is 14.8. The summed E-state index contributed by atoms with van der Waals surface area (Å²) in [6.07, 6.45) is 2.50. The zero-order valence-electron chi connectivity index (χ0n) is 14.8. The van der Waals surface area contributed by atoms with Crippen LogP contribution in [-0.4, -0.2) is 48.4 Å². The van der Waals surface area contributed by atoms with Gasteiger partial charge < -0.3 is 19.5 Å². The Morgan fingerprint density at radius 1 is 1.28 bits per heavy atom. The molecule has 6 nitrogen and oxygen atoms in total. The molecule has 0 spiro atoms. The lowest BCUT2D eigenvalue weighted by molar-refractivity contribution is -0.129. The van der Waals surface area contributed by atoms with Gasteiger partial charge in [-0.05, 0) is 31.9 Å². The maximum Gasteiger partial charge on any atom is 0.317 e. The Labute approximate surface area is 147 Å². The number of nitrogens with one attached hydrogen (secondary N) is 1. The summed E-state index contributed by atoms with van der Waals surface area (Å²) in [5, 5.41) is 3.84. The average molecular weight is 343 g/mol. The van der Waals surface area contributed by atoms with Crippen molar-refractivity contribution >= 4 is 22.9 Å². The van der Waals surface area contributed by atoms with Crippen LogP contribution < -0.4 is 5.32 Å². The molecule has 3 rings (SSSR count). The van der Waals surface area contributed by atoms with E-state index in [4.69, 9.17) is 4.42 Å². The molecule has 2 heterocycles. The van der Waals surface area contributed by atoms with Crippen LogP contribution in [0.2, 0.25) is 0 Å². The number of urea groups is 1. The smallest absolute Gasteiger partial charge is 0.317 e. The first kappa shape index (κ1) is 17.3. The third-order valence-corrected chi connectivity index (χ3v) is 4.83. The second-order valence-corrected chi connectivity index (χ2v) is 6.54. The second-order valence-electron chi connectivity index (χ2n) is 6.54. The molecule has 1 saturated heterocycles. The van der Waals surface area contributed by atoms with E-state index in [0.717, 1.165) is 42.7 Å². The Bertz CT molecular complexity index is 716. The van der Waals surface area contributed by atoms with E-state index in [0.29, 0.717) is 13.0 Å². The maximum absolute atomic E-state index is 12.3. The van der Waals surface area contributed by atoms with Gasteiger partial charge in [-0.2, -0.15) is 0 Å². The highest BCUT2D eigenvalue weighted by atomic mass is 16.3. The van der Waals surface area contributed by atoms with E-state index in [1.54, 1.807) is 11.9 Å². The molecule has 2 aromatic rings. The highest BCUT2D eigenvalue weighted by Crippen LogP contribution is 2.26. The van der Waals surface area contributed by atoms with Crippen LogP contribution in [0.3, 0.4) is 0 Å². The first-order chi connectivity index (χ1) is 12.1. The van der Waals surface area contributed by atoms with Crippen molar-refractivity contribution in [2.75, 3.05) is 26.7 Å². The van der Waals surface area contributed by atoms with Gasteiger partial charge in [-0.25, -0.2) is 4.79 Å². The first-order valence-electron chi connectivity index (χ1n) is 8.83. The number of furan rings is 1. The topological polar surface area (TPSA) is 65.8 Å². The van der Waals surface area contributed by atoms with E-state index in [1.807, 2.05) is 42.2 Å². The van der Waals surface area contributed by atoms with Crippen LogP contribution in [-0.2, 0) is 4.79 Å². The summed E-state index contributed by atoms with van der Waals surface area (Å²) in [6, 6.07) is 9.34. The van der Waals surface area contributed by atoms with Gasteiger partial charge in [0.1, 0.15) is 11.3 Å². The fraction of sp³-hybridized carbons (Fsp3) is 0.474. The fourth-order valence-corrected chi connectivity index (χ4v) is 3.10. The number of hydrogen-bond donors (Lipinski definition) is 1. The van der Waals surface area contributed by atoms with E-state index in [1.165, 1.54) is 0 Å². The van der Waals surface area contributed by atoms with Crippen molar-refractivity contribution in [1.29, 1.82) is 0 Å². The van der Waals surface area contributed by atoms with Gasteiger partial charge in [0.25, 0.3) is 0 Å². The van der Waals surface area contributed by atoms with Crippen LogP contribution in [0, 0.1) is 0 Å². The predicted molar refractivity (Wildman–Crippen MR) is 96.2 cm³/mol. The number of hydrogen-bond acceptors (Lipinski definition) is 3. The number of carbonyl (C=O) groups is 2. The summed E-state index contributed by atoms with van der Waals surface area (Å²) >= 11 is 0. The molecule has 6 heteroatoms. The van der Waals surface area contributed by atoms with Crippen molar-refractivity contribution < 1.29 is 14.0 Å². The van der Waals surface area contributed by atoms with Crippen LogP contribution in [0.5, 0.6) is 0 Å². The molecule has 25 heavy (non-hydrogen) atoms. The lowest BCUT2D eigenvalue weighted by Gasteiger charge is -2.24. The largest absolute Gasteiger partial charge is 0.459 e. The predicted octanol–water partition coefficient (Wildman–Crippen LogP) is 3.15. The third-order valence-electron chi connectivity index (χ3n) is 4.83. The first-order valence-corrected chi connectivity index (χ1v) is 8.83. The second kappa shape index (κ2) is 7.59. The van der Waals surface area contributed by atoms with Crippen molar-refractivity contribution in [1.82, 2.24) is 15.1 Å². The van der Waals surface area contributed by atoms with Crippen molar-refractivity contribution in [3.63, 3.8) is 0 Å². The summed E-state index contributed by atoms with van der Waals surface area (Å²) in [5.74, 6) is 0.859. The normalized spacial score (nSPS) is 15.4. The molecule has 0 saturated carbocycles. The standard InChI is InChI=1S/C19H25N3O3/c1-14(17-13-15-7-3-4-8-16(15)25-17)21(2)19(24)20-10-9-18(23)22-11-5-6-12-22/h3-4,7-8,13-14H,5-6,9-12H2,1-2H3,(H,20,24). The number of carbonyl (C=O) groups excluding carboxylic acids is 2. The van der Waals surface area contributed by atoms with E-state index in [2.05, 4.69) is 5.32 Å². The minimum Gasteiger partial charge on any atom is -0.459 e. The molecular formula is C19H25N3O3. The Morgan fingerprint density at radius 3 is 2.72 bits per heavy atom. The van der Waals surface area contributed by atoms with Gasteiger partial charge in [-0.3, -0.25) is 4.79 Å². The summed E-state index contributed by atoms with van der Waals surface area (Å²) in [7, 11) is 1.73. The van der Waals surface area contributed by atoms with Gasteiger partial charge >= 0.3 is 6.03 Å². The van der Waals surface area contributed by atoms with Gasteiger partial charge in [0.05, 0.1) is 6.04 Å². The zero-order chi connectivity index (χ0) is 17.8. The van der Waals surface area contributed by atoms with E-state index in [-0.39, 0.29) is 18.0 Å². The lowest BCUT2D eigenvalue weighted by Crippen LogP contribution is -2.40. The molecule has 1 aliphatic rings. The highest BCUT2D eigenvalue weighted by molar-refractivity contribution is 5.79. The molecule has 1 aliphatic heterocycles. The van der Waals surface area contributed by atoms with Crippen molar-refractivity contribution in [3.05, 3.63) is 36.1 Å². The molecule has 1 fully saturated rings. The molecule has 0 aliphatic carbocycles. The van der Waals surface area contributed by atoms with Crippen LogP contribution in [0.25, 0.3) is 11.0 Å². The number of likely N-dealkylation sites (tertiary alicyclic amines) is 1. The number of amides is 3. The van der Waals surface area contributed by atoms with Crippen molar-refractivity contribution in [2.24, 2.45) is 0 Å². The van der Waals surface area contributed by atoms with Gasteiger partial charge in [-0.1, -0.05) is 18.2 Å². The summed E-state index contributed by atoms with van der Waals surface area (Å²) in [4.78, 5) is 27.8. The minimum absolute atomic E-state index is 0.116. The van der Waals surface area contributed by atoms with Gasteiger partial charge in [0, 0.05) is 38.5 Å². The molecular weight excluding hydrogens is 318 g/mol. The Balaban J connectivity index is 1.51. The number of fused-ring (bicyclic) bond motifs is 1. The van der Waals surface area contributed by atoms with E-state index >= 15 is 0 Å². The SMILES string of the molecule is CC(c1cc2ccccc2o1)N(C)C(=O)NCCC(=O)N1CCCC1. The molecule has 3 amide bonds. The molecule has 1 aromatic carbocycles. The molecule has 1 unspecified atom stereocenters. The number of benzene rings is 1. The van der Waals surface area contributed by atoms with Crippen molar-refractivity contribution in [3.8, 4) is 0 Å². The molecule has 1 atom stereocenters. The van der Waals surface area contributed by atoms with E-state index in [9.17, 15) is 9.59 Å². The maximum atomic E-state index is 12.3. The molecule has 134 valence electrons. The summed E-state index contributed by atoms with van der Waals surface area (Å²) in [6.45, 7) is 3.96. The highest BCUT2D eigenvalue weighted by Gasteiger charge is 2.21. The summed E-state index contributed by atoms with van der Waals surface area (Å²) in [5.41, 5.74) is 0.814. The number of nitrogens with zero attached hydrogens (tertiary/aromatic N) is 2. The Kier molecular flexibility index (Phi) is 5.26. The number of para-hydroxylation sites is 1. The van der Waals surface area contributed by atoms with Crippen molar-refractivity contribution in [2.45, 2.75) is 32.2 Å². The monoisotopic (exact) mass is 343 g/mol. The minimum atomic E-state index is -0.206. The average Bonchev–Trinajstić information content (AvgIpc) is 3.29. The van der Waals surface area contributed by atoms with Crippen LogP contribution in [0.15, 0.2) is 34.7 Å². The van der Waals surface area contributed by atoms with Gasteiger partial charge in [-0.15, -0.1) is 0 Å². The van der Waals surface area contributed by atoms with Crippen LogP contribution in [0.4, 0.5) is 4.79 Å². The van der Waals surface area contributed by atoms with Gasteiger partial charge in [0.2, 0.25) is 5.91 Å². The number of rotatable bonds is 5. The lowest BCUT2D eigenvalue weighted by atomic mass is 10.2. The Morgan fingerprint density at radius 2 is 2.00 bits per heavy atom. The van der Waals surface area contributed by atoms with Crippen LogP contribution in [0.1, 0.15) is 38.0 Å². The molecule has 0 bridgehead atoms. The quantitative estimate of drug-likeness (QED) is 0.907. The third kappa shape index (κ3) is 3.95.